The number of nitrogens with zero attached hydrogens (tertiary/aromatic N) is 2. The van der Waals surface area contributed by atoms with Crippen LogP contribution < -0.4 is 10.2 Å². The van der Waals surface area contributed by atoms with Crippen molar-refractivity contribution in [1.82, 2.24) is 0 Å². The van der Waals surface area contributed by atoms with E-state index < -0.39 is 28.3 Å². The van der Waals surface area contributed by atoms with E-state index in [0.717, 1.165) is 21.3 Å². The second-order valence-corrected chi connectivity index (χ2v) is 8.00. The number of anilines is 1. The van der Waals surface area contributed by atoms with Crippen LogP contribution in [0.2, 0.25) is 0 Å². The topological polar surface area (TPSA) is 114 Å². The lowest BCUT2D eigenvalue weighted by Gasteiger charge is -2.09. The van der Waals surface area contributed by atoms with Crippen LogP contribution >= 0.6 is 22.6 Å². The van der Waals surface area contributed by atoms with Gasteiger partial charge < -0.3 is 9.84 Å². The zero-order chi connectivity index (χ0) is 24.9. The third kappa shape index (κ3) is 6.43. The number of carboxylic acid groups (broad SMARTS) is 1. The van der Waals surface area contributed by atoms with Crippen molar-refractivity contribution in [2.24, 2.45) is 5.10 Å². The summed E-state index contributed by atoms with van der Waals surface area (Å²) in [7, 11) is 0. The first-order valence-electron chi connectivity index (χ1n) is 9.44. The van der Waals surface area contributed by atoms with Crippen molar-refractivity contribution in [1.29, 1.82) is 0 Å². The molecule has 176 valence electrons. The van der Waals surface area contributed by atoms with Crippen LogP contribution in [0.25, 0.3) is 0 Å². The van der Waals surface area contributed by atoms with Gasteiger partial charge in [-0.05, 0) is 76.2 Å². The smallest absolute Gasteiger partial charge is 0.416 e. The fourth-order valence-corrected chi connectivity index (χ4v) is 3.44. The number of nitro groups is 1. The van der Waals surface area contributed by atoms with Gasteiger partial charge in [0.05, 0.1) is 25.8 Å². The number of hydrogen-bond donors (Lipinski definition) is 2. The molecule has 2 N–H and O–H groups in total. The normalized spacial score (nSPS) is 11.4. The van der Waals surface area contributed by atoms with Crippen LogP contribution in [-0.2, 0) is 12.8 Å². The van der Waals surface area contributed by atoms with Crippen LogP contribution in [0.3, 0.4) is 0 Å². The maximum atomic E-state index is 12.8. The Bertz CT molecular complexity index is 1250. The SMILES string of the molecule is O=C(O)c1ccc(COc2ccc(/C=N\Nc3ccc(C(F)(F)F)cc3[N+](=O)[O-])cc2I)cc1. The first kappa shape index (κ1) is 25.0. The number of alkyl halides is 3. The number of hydrogen-bond acceptors (Lipinski definition) is 6. The Labute approximate surface area is 204 Å². The number of aromatic carboxylic acids is 1. The Morgan fingerprint density at radius 2 is 1.85 bits per heavy atom. The highest BCUT2D eigenvalue weighted by atomic mass is 127. The minimum Gasteiger partial charge on any atom is -0.488 e. The van der Waals surface area contributed by atoms with Crippen molar-refractivity contribution in [2.45, 2.75) is 12.8 Å². The van der Waals surface area contributed by atoms with Gasteiger partial charge in [-0.2, -0.15) is 18.3 Å². The van der Waals surface area contributed by atoms with E-state index in [1.54, 1.807) is 30.3 Å². The molecule has 0 radical (unpaired) electrons. The van der Waals surface area contributed by atoms with E-state index in [1.165, 1.54) is 18.3 Å². The second-order valence-electron chi connectivity index (χ2n) is 6.84. The monoisotopic (exact) mass is 585 g/mol. The first-order chi connectivity index (χ1) is 16.0. The summed E-state index contributed by atoms with van der Waals surface area (Å²) in [6.07, 6.45) is -3.34. The van der Waals surface area contributed by atoms with Crippen molar-refractivity contribution in [3.63, 3.8) is 0 Å². The fraction of sp³-hybridized carbons (Fsp3) is 0.0909. The van der Waals surface area contributed by atoms with Crippen molar-refractivity contribution < 1.29 is 32.7 Å². The zero-order valence-corrected chi connectivity index (χ0v) is 19.2. The number of hydrazone groups is 1. The predicted octanol–water partition coefficient (Wildman–Crippen LogP) is 5.94. The Balaban J connectivity index is 1.65. The summed E-state index contributed by atoms with van der Waals surface area (Å²) in [5, 5.41) is 23.9. The van der Waals surface area contributed by atoms with E-state index in [4.69, 9.17) is 9.84 Å². The van der Waals surface area contributed by atoms with E-state index in [0.29, 0.717) is 17.4 Å². The van der Waals surface area contributed by atoms with Gasteiger partial charge in [0, 0.05) is 6.07 Å². The molecule has 3 rings (SSSR count). The molecule has 0 aliphatic carbocycles. The van der Waals surface area contributed by atoms with E-state index in [1.807, 2.05) is 0 Å². The summed E-state index contributed by atoms with van der Waals surface area (Å²) in [6.45, 7) is 0.225. The number of benzene rings is 3. The largest absolute Gasteiger partial charge is 0.488 e. The number of nitro benzene ring substituents is 1. The summed E-state index contributed by atoms with van der Waals surface area (Å²) < 4.78 is 44.9. The van der Waals surface area contributed by atoms with Gasteiger partial charge in [0.2, 0.25) is 0 Å². The minimum absolute atomic E-state index is 0.178. The number of nitrogens with one attached hydrogen (secondary N) is 1. The van der Waals surface area contributed by atoms with Crippen LogP contribution in [0.1, 0.15) is 27.0 Å². The summed E-state index contributed by atoms with van der Waals surface area (Å²) in [5.41, 5.74) is 1.92. The van der Waals surface area contributed by atoms with Gasteiger partial charge in [0.15, 0.2) is 0 Å². The third-order valence-electron chi connectivity index (χ3n) is 4.47. The quantitative estimate of drug-likeness (QED) is 0.146. The Kier molecular flexibility index (Phi) is 7.71. The van der Waals surface area contributed by atoms with E-state index in [2.05, 4.69) is 33.1 Å². The Morgan fingerprint density at radius 1 is 1.15 bits per heavy atom. The Morgan fingerprint density at radius 3 is 2.44 bits per heavy atom. The Hall–Kier alpha value is -3.68. The van der Waals surface area contributed by atoms with E-state index in [-0.39, 0.29) is 17.9 Å². The molecule has 3 aromatic carbocycles. The van der Waals surface area contributed by atoms with Gasteiger partial charge in [0.25, 0.3) is 5.69 Å². The highest BCUT2D eigenvalue weighted by Crippen LogP contribution is 2.35. The minimum atomic E-state index is -4.70. The van der Waals surface area contributed by atoms with Crippen LogP contribution in [0.15, 0.2) is 65.8 Å². The molecule has 0 saturated heterocycles. The van der Waals surface area contributed by atoms with Crippen LogP contribution in [0, 0.1) is 13.7 Å². The average molecular weight is 585 g/mol. The lowest BCUT2D eigenvalue weighted by molar-refractivity contribution is -0.384. The van der Waals surface area contributed by atoms with Gasteiger partial charge >= 0.3 is 12.1 Å². The number of carbonyl (C=O) groups is 1. The molecule has 0 amide bonds. The van der Waals surface area contributed by atoms with Crippen molar-refractivity contribution in [3.8, 4) is 5.75 Å². The molecule has 0 aliphatic rings. The highest BCUT2D eigenvalue weighted by molar-refractivity contribution is 14.1. The van der Waals surface area contributed by atoms with Gasteiger partial charge in [0.1, 0.15) is 18.0 Å². The second kappa shape index (κ2) is 10.5. The number of halogens is 4. The predicted molar refractivity (Wildman–Crippen MR) is 126 cm³/mol. The molecule has 0 saturated carbocycles. The van der Waals surface area contributed by atoms with Crippen molar-refractivity contribution >= 4 is 46.1 Å². The van der Waals surface area contributed by atoms with Crippen LogP contribution in [-0.4, -0.2) is 22.2 Å². The fourth-order valence-electron chi connectivity index (χ4n) is 2.75. The number of rotatable bonds is 8. The van der Waals surface area contributed by atoms with Gasteiger partial charge in [-0.25, -0.2) is 4.79 Å². The average Bonchev–Trinajstić information content (AvgIpc) is 2.78. The summed E-state index contributed by atoms with van der Waals surface area (Å²) in [4.78, 5) is 21.1. The molecule has 0 aromatic heterocycles. The van der Waals surface area contributed by atoms with E-state index in [9.17, 15) is 28.1 Å². The standard InChI is InChI=1S/C22H15F3IN3O5/c23-22(24,25)16-6-7-18(19(10-16)29(32)33)28-27-11-14-3-8-20(17(26)9-14)34-12-13-1-4-15(5-2-13)21(30)31/h1-11,28H,12H2,(H,30,31)/b27-11-. The summed E-state index contributed by atoms with van der Waals surface area (Å²) in [6, 6.07) is 13.5. The van der Waals surface area contributed by atoms with Gasteiger partial charge in [-0.15, -0.1) is 0 Å². The molecule has 34 heavy (non-hydrogen) atoms. The summed E-state index contributed by atoms with van der Waals surface area (Å²) >= 11 is 2.05. The molecule has 0 bridgehead atoms. The maximum absolute atomic E-state index is 12.8. The van der Waals surface area contributed by atoms with E-state index >= 15 is 0 Å². The van der Waals surface area contributed by atoms with Crippen LogP contribution in [0.5, 0.6) is 5.75 Å². The molecule has 3 aromatic rings. The van der Waals surface area contributed by atoms with Gasteiger partial charge in [-0.1, -0.05) is 12.1 Å². The molecule has 0 heterocycles. The highest BCUT2D eigenvalue weighted by Gasteiger charge is 2.33. The maximum Gasteiger partial charge on any atom is 0.416 e. The van der Waals surface area contributed by atoms with Gasteiger partial charge in [-0.3, -0.25) is 15.5 Å². The van der Waals surface area contributed by atoms with Crippen molar-refractivity contribution in [2.75, 3.05) is 5.43 Å². The van der Waals surface area contributed by atoms with Crippen LogP contribution in [0.4, 0.5) is 24.5 Å². The molecule has 12 heteroatoms. The summed E-state index contributed by atoms with van der Waals surface area (Å²) in [5.74, 6) is -0.437. The molecule has 0 atom stereocenters. The first-order valence-corrected chi connectivity index (χ1v) is 10.5. The molecule has 0 unspecified atom stereocenters. The third-order valence-corrected chi connectivity index (χ3v) is 5.31. The number of carboxylic acids is 1. The molecular formula is C22H15F3IN3O5. The number of ether oxygens (including phenoxy) is 1. The lowest BCUT2D eigenvalue weighted by atomic mass is 10.1. The molecule has 0 spiro atoms. The molecule has 0 fully saturated rings. The lowest BCUT2D eigenvalue weighted by Crippen LogP contribution is -2.06. The zero-order valence-electron chi connectivity index (χ0n) is 17.0. The molecule has 8 nitrogen and oxygen atoms in total. The molecular weight excluding hydrogens is 570 g/mol. The molecule has 0 aliphatic heterocycles. The van der Waals surface area contributed by atoms with Crippen molar-refractivity contribution in [3.05, 3.63) is 96.6 Å².